The molecule has 122 valence electrons. The Hall–Kier alpha value is -2.57. The lowest BCUT2D eigenvalue weighted by Gasteiger charge is -2.10. The van der Waals surface area contributed by atoms with Gasteiger partial charge in [-0.1, -0.05) is 19.1 Å². The summed E-state index contributed by atoms with van der Waals surface area (Å²) >= 11 is 0. The van der Waals surface area contributed by atoms with Crippen LogP contribution in [0.3, 0.4) is 0 Å². The van der Waals surface area contributed by atoms with Crippen LogP contribution in [0.1, 0.15) is 32.4 Å². The minimum atomic E-state index is -0.488. The molecular formula is C16H19FN4O2. The Morgan fingerprint density at radius 3 is 2.74 bits per heavy atom. The number of rotatable bonds is 6. The maximum absolute atomic E-state index is 13.7. The Balaban J connectivity index is 2.07. The SMILES string of the molecule is CCC(C)NC(=O)CCc1nnc(-c2ccccc2F)[nH]c1=O. The van der Waals surface area contributed by atoms with Crippen LogP contribution in [0.4, 0.5) is 4.39 Å². The van der Waals surface area contributed by atoms with Crippen molar-refractivity contribution in [3.8, 4) is 11.4 Å². The van der Waals surface area contributed by atoms with Gasteiger partial charge in [0.15, 0.2) is 5.82 Å². The fourth-order valence-electron chi connectivity index (χ4n) is 1.98. The molecule has 1 unspecified atom stereocenters. The monoisotopic (exact) mass is 318 g/mol. The molecule has 1 aromatic heterocycles. The van der Waals surface area contributed by atoms with E-state index in [0.29, 0.717) is 0 Å². The highest BCUT2D eigenvalue weighted by Crippen LogP contribution is 2.16. The second-order valence-corrected chi connectivity index (χ2v) is 5.31. The second-order valence-electron chi connectivity index (χ2n) is 5.31. The maximum Gasteiger partial charge on any atom is 0.273 e. The lowest BCUT2D eigenvalue weighted by molar-refractivity contribution is -0.121. The molecule has 6 nitrogen and oxygen atoms in total. The molecule has 7 heteroatoms. The van der Waals surface area contributed by atoms with Gasteiger partial charge in [0.2, 0.25) is 5.91 Å². The summed E-state index contributed by atoms with van der Waals surface area (Å²) in [5, 5.41) is 10.5. The van der Waals surface area contributed by atoms with Gasteiger partial charge in [0.05, 0.1) is 5.56 Å². The van der Waals surface area contributed by atoms with Crippen molar-refractivity contribution in [3.63, 3.8) is 0 Å². The summed E-state index contributed by atoms with van der Waals surface area (Å²) in [6, 6.07) is 6.08. The molecule has 2 aromatic rings. The van der Waals surface area contributed by atoms with Gasteiger partial charge < -0.3 is 10.3 Å². The van der Waals surface area contributed by atoms with Crippen molar-refractivity contribution in [2.45, 2.75) is 39.2 Å². The first-order valence-electron chi connectivity index (χ1n) is 7.51. The van der Waals surface area contributed by atoms with E-state index in [1.807, 2.05) is 13.8 Å². The van der Waals surface area contributed by atoms with Gasteiger partial charge in [-0.2, -0.15) is 0 Å². The average molecular weight is 318 g/mol. The molecular weight excluding hydrogens is 299 g/mol. The van der Waals surface area contributed by atoms with Crippen molar-refractivity contribution in [2.75, 3.05) is 0 Å². The lowest BCUT2D eigenvalue weighted by Crippen LogP contribution is -2.32. The molecule has 0 radical (unpaired) electrons. The maximum atomic E-state index is 13.7. The largest absolute Gasteiger partial charge is 0.354 e. The average Bonchev–Trinajstić information content (AvgIpc) is 2.54. The number of aromatic amines is 1. The number of benzene rings is 1. The molecule has 0 aliphatic heterocycles. The molecule has 0 aliphatic carbocycles. The summed E-state index contributed by atoms with van der Waals surface area (Å²) in [5.74, 6) is -0.558. The van der Waals surface area contributed by atoms with Crippen LogP contribution in [-0.4, -0.2) is 27.1 Å². The lowest BCUT2D eigenvalue weighted by atomic mass is 10.2. The predicted molar refractivity (Wildman–Crippen MR) is 84.3 cm³/mol. The van der Waals surface area contributed by atoms with Crippen LogP contribution in [0.15, 0.2) is 29.1 Å². The van der Waals surface area contributed by atoms with Crippen molar-refractivity contribution < 1.29 is 9.18 Å². The molecule has 1 amide bonds. The first-order valence-corrected chi connectivity index (χ1v) is 7.51. The number of halogens is 1. The molecule has 23 heavy (non-hydrogen) atoms. The minimum Gasteiger partial charge on any atom is -0.354 e. The zero-order valence-corrected chi connectivity index (χ0v) is 13.1. The fraction of sp³-hybridized carbons (Fsp3) is 0.375. The van der Waals surface area contributed by atoms with E-state index in [0.717, 1.165) is 6.42 Å². The summed E-state index contributed by atoms with van der Waals surface area (Å²) in [6.45, 7) is 3.89. The molecule has 1 atom stereocenters. The number of aryl methyl sites for hydroxylation is 1. The zero-order chi connectivity index (χ0) is 16.8. The van der Waals surface area contributed by atoms with E-state index in [4.69, 9.17) is 0 Å². The standard InChI is InChI=1S/C16H19FN4O2/c1-3-10(2)18-14(22)9-8-13-16(23)19-15(21-20-13)11-6-4-5-7-12(11)17/h4-7,10H,3,8-9H2,1-2H3,(H,18,22)(H,19,21,23). The van der Waals surface area contributed by atoms with Gasteiger partial charge in [-0.25, -0.2) is 4.39 Å². The summed E-state index contributed by atoms with van der Waals surface area (Å²) in [5.41, 5.74) is -0.128. The normalized spacial score (nSPS) is 12.0. The van der Waals surface area contributed by atoms with Crippen LogP contribution in [0.2, 0.25) is 0 Å². The van der Waals surface area contributed by atoms with E-state index >= 15 is 0 Å². The Morgan fingerprint density at radius 1 is 1.35 bits per heavy atom. The molecule has 0 fully saturated rings. The van der Waals surface area contributed by atoms with Gasteiger partial charge in [0, 0.05) is 18.9 Å². The Kier molecular flexibility index (Phi) is 5.56. The van der Waals surface area contributed by atoms with Gasteiger partial charge in [-0.3, -0.25) is 9.59 Å². The molecule has 0 aliphatic rings. The number of hydrogen-bond donors (Lipinski definition) is 2. The van der Waals surface area contributed by atoms with E-state index in [1.165, 1.54) is 12.1 Å². The fourth-order valence-corrected chi connectivity index (χ4v) is 1.98. The van der Waals surface area contributed by atoms with Crippen LogP contribution < -0.4 is 10.9 Å². The minimum absolute atomic E-state index is 0.0703. The first-order chi connectivity index (χ1) is 11.0. The first kappa shape index (κ1) is 16.8. The van der Waals surface area contributed by atoms with Crippen molar-refractivity contribution in [2.24, 2.45) is 0 Å². The van der Waals surface area contributed by atoms with Crippen LogP contribution in [0, 0.1) is 5.82 Å². The molecule has 2 N–H and O–H groups in total. The summed E-state index contributed by atoms with van der Waals surface area (Å²) < 4.78 is 13.7. The highest BCUT2D eigenvalue weighted by atomic mass is 19.1. The van der Waals surface area contributed by atoms with Crippen molar-refractivity contribution in [1.29, 1.82) is 0 Å². The third kappa shape index (κ3) is 4.45. The topological polar surface area (TPSA) is 87.7 Å². The molecule has 0 spiro atoms. The molecule has 1 heterocycles. The van der Waals surface area contributed by atoms with Gasteiger partial charge in [0.1, 0.15) is 11.5 Å². The molecule has 0 saturated heterocycles. The van der Waals surface area contributed by atoms with Gasteiger partial charge in [0.25, 0.3) is 5.56 Å². The van der Waals surface area contributed by atoms with Crippen molar-refractivity contribution >= 4 is 5.91 Å². The van der Waals surface area contributed by atoms with Gasteiger partial charge >= 0.3 is 0 Å². The predicted octanol–water partition coefficient (Wildman–Crippen LogP) is 1.82. The van der Waals surface area contributed by atoms with Crippen LogP contribution in [0.25, 0.3) is 11.4 Å². The van der Waals surface area contributed by atoms with Crippen molar-refractivity contribution in [1.82, 2.24) is 20.5 Å². The highest BCUT2D eigenvalue weighted by molar-refractivity contribution is 5.76. The summed E-state index contributed by atoms with van der Waals surface area (Å²) in [4.78, 5) is 26.2. The molecule has 2 rings (SSSR count). The Morgan fingerprint density at radius 2 is 2.09 bits per heavy atom. The number of carbonyl (C=O) groups excluding carboxylic acids is 1. The van der Waals surface area contributed by atoms with E-state index < -0.39 is 11.4 Å². The molecule has 0 bridgehead atoms. The van der Waals surface area contributed by atoms with Crippen molar-refractivity contribution in [3.05, 3.63) is 46.1 Å². The van der Waals surface area contributed by atoms with E-state index in [2.05, 4.69) is 20.5 Å². The van der Waals surface area contributed by atoms with E-state index in [-0.39, 0.29) is 41.9 Å². The quantitative estimate of drug-likeness (QED) is 0.850. The second kappa shape index (κ2) is 7.62. The number of hydrogen-bond acceptors (Lipinski definition) is 4. The Labute approximate surface area is 133 Å². The van der Waals surface area contributed by atoms with Crippen LogP contribution in [-0.2, 0) is 11.2 Å². The number of nitrogens with zero attached hydrogens (tertiary/aromatic N) is 2. The van der Waals surface area contributed by atoms with Crippen LogP contribution >= 0.6 is 0 Å². The van der Waals surface area contributed by atoms with Gasteiger partial charge in [-0.15, -0.1) is 10.2 Å². The molecule has 1 aromatic carbocycles. The number of amides is 1. The number of nitrogens with one attached hydrogen (secondary N) is 2. The Bertz CT molecular complexity index is 745. The third-order valence-electron chi connectivity index (χ3n) is 3.50. The van der Waals surface area contributed by atoms with E-state index in [9.17, 15) is 14.0 Å². The summed E-state index contributed by atoms with van der Waals surface area (Å²) in [6.07, 6.45) is 1.17. The van der Waals surface area contributed by atoms with Gasteiger partial charge in [-0.05, 0) is 25.5 Å². The number of carbonyl (C=O) groups is 1. The van der Waals surface area contributed by atoms with Crippen LogP contribution in [0.5, 0.6) is 0 Å². The van der Waals surface area contributed by atoms with E-state index in [1.54, 1.807) is 12.1 Å². The molecule has 0 saturated carbocycles. The summed E-state index contributed by atoms with van der Waals surface area (Å²) in [7, 11) is 0. The highest BCUT2D eigenvalue weighted by Gasteiger charge is 2.12. The smallest absolute Gasteiger partial charge is 0.273 e. The number of H-pyrrole nitrogens is 1. The number of aromatic nitrogens is 3. The third-order valence-corrected chi connectivity index (χ3v) is 3.50. The zero-order valence-electron chi connectivity index (χ0n) is 13.1.